The minimum Gasteiger partial charge on any atom is -0.496 e. The van der Waals surface area contributed by atoms with Crippen molar-refractivity contribution in [1.29, 1.82) is 0 Å². The predicted molar refractivity (Wildman–Crippen MR) is 93.5 cm³/mol. The van der Waals surface area contributed by atoms with Crippen molar-refractivity contribution in [2.75, 3.05) is 20.2 Å². The molecule has 1 aliphatic rings. The van der Waals surface area contributed by atoms with E-state index in [1.54, 1.807) is 12.0 Å². The molecule has 0 saturated carbocycles. The summed E-state index contributed by atoms with van der Waals surface area (Å²) in [5.74, 6) is -0.684. The number of halogens is 1. The molecule has 24 heavy (non-hydrogen) atoms. The molecule has 134 valence electrons. The maximum atomic E-state index is 12.5. The molecule has 1 aromatic carbocycles. The number of ether oxygens (including phenoxy) is 1. The normalized spacial score (nSPS) is 20.7. The molecule has 1 aliphatic heterocycles. The van der Waals surface area contributed by atoms with Crippen LogP contribution in [0.3, 0.4) is 0 Å². The Morgan fingerprint density at radius 3 is 2.67 bits per heavy atom. The van der Waals surface area contributed by atoms with Gasteiger partial charge in [-0.15, -0.1) is 12.4 Å². The van der Waals surface area contributed by atoms with Gasteiger partial charge < -0.3 is 20.5 Å². The van der Waals surface area contributed by atoms with Crippen molar-refractivity contribution in [3.8, 4) is 5.75 Å². The van der Waals surface area contributed by atoms with E-state index in [1.165, 1.54) is 0 Å². The summed E-state index contributed by atoms with van der Waals surface area (Å²) in [6.07, 6.45) is 2.03. The number of aliphatic carboxylic acids is 1. The Bertz CT molecular complexity index is 567. The number of hydrogen-bond donors (Lipinski definition) is 2. The Balaban J connectivity index is 0.00000288. The first-order chi connectivity index (χ1) is 11.0. The van der Waals surface area contributed by atoms with Crippen LogP contribution in [0.2, 0.25) is 0 Å². The Kier molecular flexibility index (Phi) is 8.01. The van der Waals surface area contributed by atoms with E-state index in [0.717, 1.165) is 11.3 Å². The third-order valence-electron chi connectivity index (χ3n) is 4.28. The van der Waals surface area contributed by atoms with Gasteiger partial charge in [0.2, 0.25) is 5.91 Å². The predicted octanol–water partition coefficient (Wildman–Crippen LogP) is 1.70. The van der Waals surface area contributed by atoms with Crippen LogP contribution < -0.4 is 10.5 Å². The number of para-hydroxylation sites is 1. The number of carboxylic acid groups (broad SMARTS) is 1. The van der Waals surface area contributed by atoms with Crippen molar-refractivity contribution in [2.24, 2.45) is 11.7 Å². The van der Waals surface area contributed by atoms with Crippen molar-refractivity contribution >= 4 is 24.3 Å². The van der Waals surface area contributed by atoms with Crippen LogP contribution in [-0.2, 0) is 16.0 Å². The molecule has 1 amide bonds. The summed E-state index contributed by atoms with van der Waals surface area (Å²) in [7, 11) is 1.60. The summed E-state index contributed by atoms with van der Waals surface area (Å²) >= 11 is 0. The van der Waals surface area contributed by atoms with E-state index in [4.69, 9.17) is 10.5 Å². The van der Waals surface area contributed by atoms with Crippen LogP contribution in [0.4, 0.5) is 0 Å². The number of benzene rings is 1. The zero-order chi connectivity index (χ0) is 16.8. The standard InChI is InChI=1S/C17H24N2O4.ClH/c1-23-15-5-3-2-4-12(15)7-9-16(20)19-10-13(17(21)22)6-8-14(18)11-19;/h2-5,13-14H,6-11,18H2,1H3,(H,21,22);1H/t13-,14+;/m0./s1. The van der Waals surface area contributed by atoms with Gasteiger partial charge in [-0.1, -0.05) is 18.2 Å². The second-order valence-corrected chi connectivity index (χ2v) is 5.98. The molecule has 0 unspecified atom stereocenters. The van der Waals surface area contributed by atoms with E-state index in [1.807, 2.05) is 24.3 Å². The molecule has 0 bridgehead atoms. The summed E-state index contributed by atoms with van der Waals surface area (Å²) in [6.45, 7) is 0.669. The van der Waals surface area contributed by atoms with Crippen molar-refractivity contribution < 1.29 is 19.4 Å². The molecule has 0 aliphatic carbocycles. The van der Waals surface area contributed by atoms with Crippen LogP contribution in [0.5, 0.6) is 5.75 Å². The smallest absolute Gasteiger partial charge is 0.308 e. The van der Waals surface area contributed by atoms with E-state index in [2.05, 4.69) is 0 Å². The van der Waals surface area contributed by atoms with Crippen molar-refractivity contribution in [1.82, 2.24) is 4.90 Å². The molecule has 7 heteroatoms. The number of methoxy groups -OCH3 is 1. The number of carbonyl (C=O) groups is 2. The number of likely N-dealkylation sites (tertiary alicyclic amines) is 1. The lowest BCUT2D eigenvalue weighted by molar-refractivity contribution is -0.143. The van der Waals surface area contributed by atoms with Gasteiger partial charge >= 0.3 is 5.97 Å². The summed E-state index contributed by atoms with van der Waals surface area (Å²) < 4.78 is 5.29. The SMILES string of the molecule is COc1ccccc1CCC(=O)N1C[C@H](N)CC[C@H](C(=O)O)C1.Cl. The Labute approximate surface area is 148 Å². The number of hydrogen-bond acceptors (Lipinski definition) is 4. The fraction of sp³-hybridized carbons (Fsp3) is 0.529. The maximum absolute atomic E-state index is 12.5. The Morgan fingerprint density at radius 2 is 2.00 bits per heavy atom. The Hall–Kier alpha value is -1.79. The highest BCUT2D eigenvalue weighted by atomic mass is 35.5. The molecule has 1 heterocycles. The van der Waals surface area contributed by atoms with Crippen LogP contribution in [0.15, 0.2) is 24.3 Å². The zero-order valence-corrected chi connectivity index (χ0v) is 14.6. The van der Waals surface area contributed by atoms with Gasteiger partial charge in [-0.05, 0) is 30.9 Å². The van der Waals surface area contributed by atoms with Gasteiger partial charge in [-0.2, -0.15) is 0 Å². The van der Waals surface area contributed by atoms with E-state index < -0.39 is 11.9 Å². The number of amides is 1. The highest BCUT2D eigenvalue weighted by Crippen LogP contribution is 2.21. The van der Waals surface area contributed by atoms with E-state index in [9.17, 15) is 14.7 Å². The molecule has 1 aromatic rings. The first kappa shape index (κ1) is 20.3. The van der Waals surface area contributed by atoms with Gasteiger partial charge in [0.05, 0.1) is 13.0 Å². The number of carbonyl (C=O) groups excluding carboxylic acids is 1. The summed E-state index contributed by atoms with van der Waals surface area (Å²) in [4.78, 5) is 25.3. The summed E-state index contributed by atoms with van der Waals surface area (Å²) in [6, 6.07) is 7.43. The van der Waals surface area contributed by atoms with Gasteiger partial charge in [0.25, 0.3) is 0 Å². The quantitative estimate of drug-likeness (QED) is 0.837. The monoisotopic (exact) mass is 356 g/mol. The highest BCUT2D eigenvalue weighted by molar-refractivity contribution is 5.85. The van der Waals surface area contributed by atoms with Gasteiger partial charge in [0.1, 0.15) is 5.75 Å². The van der Waals surface area contributed by atoms with Gasteiger partial charge in [0.15, 0.2) is 0 Å². The molecule has 2 rings (SSSR count). The summed E-state index contributed by atoms with van der Waals surface area (Å²) in [5, 5.41) is 9.23. The molecular weight excluding hydrogens is 332 g/mol. The number of nitrogens with two attached hydrogens (primary N) is 1. The minimum atomic E-state index is -0.860. The summed E-state index contributed by atoms with van der Waals surface area (Å²) in [5.41, 5.74) is 6.94. The van der Waals surface area contributed by atoms with Crippen LogP contribution >= 0.6 is 12.4 Å². The average Bonchev–Trinajstić information content (AvgIpc) is 2.75. The topological polar surface area (TPSA) is 92.9 Å². The molecule has 0 aromatic heterocycles. The molecule has 3 N–H and O–H groups in total. The second kappa shape index (κ2) is 9.49. The molecule has 0 radical (unpaired) electrons. The number of rotatable bonds is 5. The molecule has 1 fully saturated rings. The molecular formula is C17H25ClN2O4. The molecule has 0 spiro atoms. The first-order valence-corrected chi connectivity index (χ1v) is 7.89. The fourth-order valence-electron chi connectivity index (χ4n) is 2.94. The molecule has 1 saturated heterocycles. The largest absolute Gasteiger partial charge is 0.496 e. The molecule has 2 atom stereocenters. The molecule has 6 nitrogen and oxygen atoms in total. The van der Waals surface area contributed by atoms with Crippen LogP contribution in [-0.4, -0.2) is 48.1 Å². The lowest BCUT2D eigenvalue weighted by Crippen LogP contribution is -2.41. The minimum absolute atomic E-state index is 0. The zero-order valence-electron chi connectivity index (χ0n) is 13.8. The second-order valence-electron chi connectivity index (χ2n) is 5.98. The number of aryl methyl sites for hydroxylation is 1. The third-order valence-corrected chi connectivity index (χ3v) is 4.28. The third kappa shape index (κ3) is 5.39. The van der Waals surface area contributed by atoms with E-state index >= 15 is 0 Å². The van der Waals surface area contributed by atoms with Gasteiger partial charge in [0, 0.05) is 25.6 Å². The van der Waals surface area contributed by atoms with Crippen molar-refractivity contribution in [3.63, 3.8) is 0 Å². The Morgan fingerprint density at radius 1 is 1.29 bits per heavy atom. The first-order valence-electron chi connectivity index (χ1n) is 7.89. The lowest BCUT2D eigenvalue weighted by Gasteiger charge is -2.24. The highest BCUT2D eigenvalue weighted by Gasteiger charge is 2.29. The number of carboxylic acids is 1. The lowest BCUT2D eigenvalue weighted by atomic mass is 10.0. The van der Waals surface area contributed by atoms with Crippen LogP contribution in [0.1, 0.15) is 24.8 Å². The van der Waals surface area contributed by atoms with Crippen LogP contribution in [0, 0.1) is 5.92 Å². The maximum Gasteiger partial charge on any atom is 0.308 e. The number of nitrogens with zero attached hydrogens (tertiary/aromatic N) is 1. The van der Waals surface area contributed by atoms with E-state index in [0.29, 0.717) is 32.2 Å². The van der Waals surface area contributed by atoms with Gasteiger partial charge in [-0.25, -0.2) is 0 Å². The van der Waals surface area contributed by atoms with E-state index in [-0.39, 0.29) is 30.9 Å². The van der Waals surface area contributed by atoms with Crippen LogP contribution in [0.25, 0.3) is 0 Å². The average molecular weight is 357 g/mol. The fourth-order valence-corrected chi connectivity index (χ4v) is 2.94. The van der Waals surface area contributed by atoms with Crippen molar-refractivity contribution in [3.05, 3.63) is 29.8 Å². The van der Waals surface area contributed by atoms with Gasteiger partial charge in [-0.3, -0.25) is 9.59 Å². The van der Waals surface area contributed by atoms with Crippen molar-refractivity contribution in [2.45, 2.75) is 31.7 Å².